The monoisotopic (exact) mass is 526 g/mol. The molecule has 2 aromatic rings. The minimum atomic E-state index is -3.01. The van der Waals surface area contributed by atoms with Crippen LogP contribution in [-0.2, 0) is 5.54 Å². The lowest BCUT2D eigenvalue weighted by atomic mass is 9.88. The van der Waals surface area contributed by atoms with Crippen molar-refractivity contribution >= 4 is 28.1 Å². The van der Waals surface area contributed by atoms with Crippen molar-refractivity contribution in [1.29, 1.82) is 0 Å². The van der Waals surface area contributed by atoms with Gasteiger partial charge in [0.2, 0.25) is 0 Å². The van der Waals surface area contributed by atoms with Crippen LogP contribution in [0.5, 0.6) is 5.75 Å². The quantitative estimate of drug-likeness (QED) is 0.459. The number of aromatic nitrogens is 2. The molecule has 1 fully saturated rings. The van der Waals surface area contributed by atoms with Gasteiger partial charge in [0.25, 0.3) is 5.91 Å². The van der Waals surface area contributed by atoms with Gasteiger partial charge in [0, 0.05) is 6.54 Å². The summed E-state index contributed by atoms with van der Waals surface area (Å²) in [6.45, 7) is 2.95. The number of carbonyl (C=O) groups is 1. The van der Waals surface area contributed by atoms with Gasteiger partial charge in [-0.3, -0.25) is 14.5 Å². The molecule has 1 amide bonds. The Hall–Kier alpha value is -2.90. The number of amidine groups is 1. The summed E-state index contributed by atoms with van der Waals surface area (Å²) in [6, 6.07) is 4.86. The van der Waals surface area contributed by atoms with Crippen molar-refractivity contribution < 1.29 is 27.3 Å². The van der Waals surface area contributed by atoms with Crippen LogP contribution in [0.2, 0.25) is 0 Å². The molecule has 196 valence electrons. The average molecular weight is 527 g/mol. The maximum absolute atomic E-state index is 15.2. The number of nitrogens with one attached hydrogen (secondary N) is 2. The molecule has 2 aliphatic rings. The van der Waals surface area contributed by atoms with Crippen LogP contribution >= 0.6 is 10.5 Å². The molecule has 4 heterocycles. The van der Waals surface area contributed by atoms with E-state index in [2.05, 4.69) is 24.7 Å². The number of ether oxygens (including phenoxy) is 1. The summed E-state index contributed by atoms with van der Waals surface area (Å²) in [5.74, 6) is -1.30. The smallest absolute Gasteiger partial charge is 0.387 e. The normalized spacial score (nSPS) is 29.3. The van der Waals surface area contributed by atoms with Crippen LogP contribution in [0.1, 0.15) is 56.2 Å². The number of amides is 1. The number of carbonyl (C=O) groups excluding carboxylic acids is 1. The molecule has 0 bridgehead atoms. The zero-order chi connectivity index (χ0) is 26.3. The molecule has 0 aliphatic carbocycles. The molecular formula is C23H29F3N6O3S. The van der Waals surface area contributed by atoms with Crippen molar-refractivity contribution in [3.8, 4) is 5.75 Å². The first-order chi connectivity index (χ1) is 16.9. The molecule has 1 unspecified atom stereocenters. The number of pyridine rings is 2. The molecule has 4 rings (SSSR count). The zero-order valence-electron chi connectivity index (χ0n) is 20.1. The van der Waals surface area contributed by atoms with Crippen LogP contribution in [0.3, 0.4) is 0 Å². The Labute approximate surface area is 208 Å². The molecular weight excluding hydrogens is 497 g/mol. The van der Waals surface area contributed by atoms with E-state index in [1.54, 1.807) is 6.92 Å². The van der Waals surface area contributed by atoms with Gasteiger partial charge in [-0.1, -0.05) is 16.9 Å². The molecule has 0 spiro atoms. The second-order valence-corrected chi connectivity index (χ2v) is 12.5. The third-order valence-corrected chi connectivity index (χ3v) is 10.7. The number of nitrogens with zero attached hydrogens (tertiary/aromatic N) is 3. The Morgan fingerprint density at radius 3 is 2.69 bits per heavy atom. The minimum Gasteiger partial charge on any atom is -0.433 e. The third-order valence-electron chi connectivity index (χ3n) is 6.76. The highest BCUT2D eigenvalue weighted by molar-refractivity contribution is 8.29. The standard InChI is InChI=1S/C23H29F3N6O3S/c1-22(2)20(27)32-23(3,16-6-4-5-11-29-36(16,22)34)18-14(24)8-10-17(30-18)31-19(33)15-9-7-13(12-28-15)35-21(25)26/h7-10,12,16,21,29,34H,4-6,11H2,1-3H3,(H2,27,32)(H,30,31,33)/t16-,23+/m1/s1. The second-order valence-electron chi connectivity index (χ2n) is 9.40. The molecule has 5 N–H and O–H groups in total. The molecule has 1 saturated heterocycles. The van der Waals surface area contributed by atoms with Crippen molar-refractivity contribution in [3.63, 3.8) is 0 Å². The van der Waals surface area contributed by atoms with Gasteiger partial charge in [0.1, 0.15) is 40.1 Å². The number of halogens is 3. The Bertz CT molecular complexity index is 1180. The fourth-order valence-electron chi connectivity index (χ4n) is 4.66. The van der Waals surface area contributed by atoms with Gasteiger partial charge >= 0.3 is 6.61 Å². The van der Waals surface area contributed by atoms with E-state index in [0.717, 1.165) is 19.0 Å². The summed E-state index contributed by atoms with van der Waals surface area (Å²) in [5, 5.41) is 2.06. The number of alkyl halides is 2. The molecule has 3 atom stereocenters. The Morgan fingerprint density at radius 2 is 2.03 bits per heavy atom. The SMILES string of the molecule is CC1(C)C(N)=N[C@](C)(c2nc(NC(=O)c3ccc(OC(F)F)cn3)ccc2F)[C@H]2CCCCNS21O. The number of rotatable bonds is 5. The fraction of sp³-hybridized carbons (Fsp3) is 0.478. The molecule has 0 saturated carbocycles. The van der Waals surface area contributed by atoms with Crippen LogP contribution < -0.4 is 20.5 Å². The zero-order valence-corrected chi connectivity index (χ0v) is 20.9. The maximum atomic E-state index is 15.2. The topological polar surface area (TPSA) is 135 Å². The fourth-order valence-corrected chi connectivity index (χ4v) is 8.09. The maximum Gasteiger partial charge on any atom is 0.387 e. The lowest BCUT2D eigenvalue weighted by molar-refractivity contribution is -0.0500. The molecule has 2 aromatic heterocycles. The lowest BCUT2D eigenvalue weighted by Gasteiger charge is -2.58. The van der Waals surface area contributed by atoms with Gasteiger partial charge in [0.05, 0.1) is 16.2 Å². The van der Waals surface area contributed by atoms with Gasteiger partial charge in [-0.2, -0.15) is 8.78 Å². The highest BCUT2D eigenvalue weighted by atomic mass is 32.3. The van der Waals surface area contributed by atoms with E-state index in [4.69, 9.17) is 10.7 Å². The Kier molecular flexibility index (Phi) is 6.92. The largest absolute Gasteiger partial charge is 0.433 e. The Balaban J connectivity index is 1.68. The summed E-state index contributed by atoms with van der Waals surface area (Å²) in [4.78, 5) is 25.6. The number of aliphatic imine (C=N–C) groups is 1. The molecule has 9 nitrogen and oxygen atoms in total. The van der Waals surface area contributed by atoms with Gasteiger partial charge in [-0.25, -0.2) is 14.4 Å². The van der Waals surface area contributed by atoms with Crippen molar-refractivity contribution in [2.24, 2.45) is 10.7 Å². The van der Waals surface area contributed by atoms with Crippen molar-refractivity contribution in [3.05, 3.63) is 47.7 Å². The van der Waals surface area contributed by atoms with Crippen LogP contribution in [0, 0.1) is 5.82 Å². The molecule has 0 radical (unpaired) electrons. The van der Waals surface area contributed by atoms with Crippen LogP contribution in [0.25, 0.3) is 0 Å². The molecule has 0 aromatic carbocycles. The first-order valence-corrected chi connectivity index (χ1v) is 13.1. The van der Waals surface area contributed by atoms with Gasteiger partial charge in [-0.15, -0.1) is 0 Å². The summed E-state index contributed by atoms with van der Waals surface area (Å²) in [5.41, 5.74) is 4.92. The van der Waals surface area contributed by atoms with Crippen molar-refractivity contribution in [2.75, 3.05) is 11.9 Å². The summed E-state index contributed by atoms with van der Waals surface area (Å²) in [6.07, 6.45) is 3.24. The van der Waals surface area contributed by atoms with E-state index in [1.165, 1.54) is 24.3 Å². The van der Waals surface area contributed by atoms with E-state index in [1.807, 2.05) is 13.8 Å². The van der Waals surface area contributed by atoms with E-state index in [9.17, 15) is 18.1 Å². The van der Waals surface area contributed by atoms with Gasteiger partial charge < -0.3 is 20.3 Å². The number of hydrogen-bond donors (Lipinski definition) is 4. The van der Waals surface area contributed by atoms with Crippen LogP contribution in [0.4, 0.5) is 19.0 Å². The van der Waals surface area contributed by atoms with Crippen LogP contribution in [-0.4, -0.2) is 49.4 Å². The predicted molar refractivity (Wildman–Crippen MR) is 132 cm³/mol. The summed E-state index contributed by atoms with van der Waals surface area (Å²) < 4.78 is 58.5. The van der Waals surface area contributed by atoms with E-state index in [-0.39, 0.29) is 28.8 Å². The number of fused-ring (bicyclic) bond motifs is 1. The molecule has 2 aliphatic heterocycles. The third kappa shape index (κ3) is 4.50. The highest BCUT2D eigenvalue weighted by Gasteiger charge is 2.59. The van der Waals surface area contributed by atoms with Crippen molar-refractivity contribution in [2.45, 2.75) is 62.2 Å². The van der Waals surface area contributed by atoms with E-state index in [0.29, 0.717) is 13.0 Å². The second kappa shape index (κ2) is 9.52. The first-order valence-electron chi connectivity index (χ1n) is 11.4. The Morgan fingerprint density at radius 1 is 1.28 bits per heavy atom. The molecule has 36 heavy (non-hydrogen) atoms. The minimum absolute atomic E-state index is 0.0334. The van der Waals surface area contributed by atoms with Crippen LogP contribution in [0.15, 0.2) is 35.5 Å². The average Bonchev–Trinajstić information content (AvgIpc) is 3.02. The highest BCUT2D eigenvalue weighted by Crippen LogP contribution is 2.66. The lowest BCUT2D eigenvalue weighted by Crippen LogP contribution is -2.60. The van der Waals surface area contributed by atoms with Gasteiger partial charge in [-0.05, 0) is 57.9 Å². The number of hydrogen-bond acceptors (Lipinski definition) is 8. The van der Waals surface area contributed by atoms with E-state index >= 15 is 4.39 Å². The predicted octanol–water partition coefficient (Wildman–Crippen LogP) is 4.17. The first kappa shape index (κ1) is 26.2. The van der Waals surface area contributed by atoms with Crippen molar-refractivity contribution in [1.82, 2.24) is 14.7 Å². The number of nitrogens with two attached hydrogens (primary N) is 1. The van der Waals surface area contributed by atoms with E-state index < -0.39 is 44.4 Å². The van der Waals surface area contributed by atoms with Gasteiger partial charge in [0.15, 0.2) is 0 Å². The molecule has 13 heteroatoms. The summed E-state index contributed by atoms with van der Waals surface area (Å²) >= 11 is 0. The summed E-state index contributed by atoms with van der Waals surface area (Å²) in [7, 11) is -2.59. The number of anilines is 1.